The number of hydrogen-bond acceptors (Lipinski definition) is 6. The van der Waals surface area contributed by atoms with Crippen molar-refractivity contribution in [2.75, 3.05) is 25.2 Å². The summed E-state index contributed by atoms with van der Waals surface area (Å²) < 4.78 is 10.2. The minimum atomic E-state index is -0.566. The van der Waals surface area contributed by atoms with Crippen LogP contribution in [0.5, 0.6) is 0 Å². The SMILES string of the molecule is COC(=O)[C@@H]1CC2(CN1C(=O)OC(C)(C)C)SCCS2. The first-order chi connectivity index (χ1) is 9.26. The highest BCUT2D eigenvalue weighted by atomic mass is 32.2. The summed E-state index contributed by atoms with van der Waals surface area (Å²) >= 11 is 3.66. The fourth-order valence-corrected chi connectivity index (χ4v) is 5.66. The van der Waals surface area contributed by atoms with Crippen LogP contribution in [0.25, 0.3) is 0 Å². The molecular weight excluding hydrogens is 298 g/mol. The number of rotatable bonds is 1. The standard InChI is InChI=1S/C13H21NO4S2/c1-12(2,3)18-11(16)14-8-13(19-5-6-20-13)7-9(14)10(15)17-4/h9H,5-8H2,1-4H3/t9-/m0/s1. The van der Waals surface area contributed by atoms with E-state index in [1.165, 1.54) is 12.0 Å². The van der Waals surface area contributed by atoms with Gasteiger partial charge >= 0.3 is 12.1 Å². The van der Waals surface area contributed by atoms with Crippen LogP contribution in [-0.4, -0.2) is 57.8 Å². The molecule has 0 N–H and O–H groups in total. The number of amides is 1. The molecule has 0 bridgehead atoms. The molecule has 114 valence electrons. The van der Waals surface area contributed by atoms with E-state index in [4.69, 9.17) is 9.47 Å². The van der Waals surface area contributed by atoms with Gasteiger partial charge in [-0.25, -0.2) is 9.59 Å². The molecule has 5 nitrogen and oxygen atoms in total. The molecule has 0 aromatic carbocycles. The van der Waals surface area contributed by atoms with Crippen LogP contribution in [0.15, 0.2) is 0 Å². The van der Waals surface area contributed by atoms with Gasteiger partial charge in [0.1, 0.15) is 11.6 Å². The zero-order chi connectivity index (χ0) is 15.0. The van der Waals surface area contributed by atoms with E-state index in [0.29, 0.717) is 13.0 Å². The Morgan fingerprint density at radius 2 is 1.85 bits per heavy atom. The van der Waals surface area contributed by atoms with Gasteiger partial charge in [0, 0.05) is 24.5 Å². The van der Waals surface area contributed by atoms with Gasteiger partial charge in [-0.05, 0) is 20.8 Å². The molecule has 7 heteroatoms. The Bertz CT molecular complexity index is 402. The monoisotopic (exact) mass is 319 g/mol. The van der Waals surface area contributed by atoms with Gasteiger partial charge in [0.2, 0.25) is 0 Å². The Morgan fingerprint density at radius 1 is 1.25 bits per heavy atom. The molecule has 2 saturated heterocycles. The number of hydrogen-bond donors (Lipinski definition) is 0. The molecular formula is C13H21NO4S2. The third-order valence-electron chi connectivity index (χ3n) is 3.21. The number of carbonyl (C=O) groups is 2. The lowest BCUT2D eigenvalue weighted by atomic mass is 10.2. The van der Waals surface area contributed by atoms with Gasteiger partial charge in [0.15, 0.2) is 0 Å². The van der Waals surface area contributed by atoms with E-state index in [1.54, 1.807) is 0 Å². The summed E-state index contributed by atoms with van der Waals surface area (Å²) in [7, 11) is 1.36. The number of methoxy groups -OCH3 is 1. The highest BCUT2D eigenvalue weighted by molar-refractivity contribution is 8.21. The summed E-state index contributed by atoms with van der Waals surface area (Å²) in [6, 6.07) is -0.534. The van der Waals surface area contributed by atoms with Crippen LogP contribution in [0.3, 0.4) is 0 Å². The highest BCUT2D eigenvalue weighted by Crippen LogP contribution is 2.52. The smallest absolute Gasteiger partial charge is 0.411 e. The molecule has 1 amide bonds. The predicted octanol–water partition coefficient (Wildman–Crippen LogP) is 2.35. The quantitative estimate of drug-likeness (QED) is 0.692. The molecule has 2 heterocycles. The van der Waals surface area contributed by atoms with Gasteiger partial charge in [0.25, 0.3) is 0 Å². The lowest BCUT2D eigenvalue weighted by Crippen LogP contribution is -2.44. The van der Waals surface area contributed by atoms with E-state index in [1.807, 2.05) is 44.3 Å². The van der Waals surface area contributed by atoms with Crippen molar-refractivity contribution in [3.05, 3.63) is 0 Å². The van der Waals surface area contributed by atoms with Crippen LogP contribution >= 0.6 is 23.5 Å². The second kappa shape index (κ2) is 5.67. The summed E-state index contributed by atoms with van der Waals surface area (Å²) in [5, 5.41) is 0. The summed E-state index contributed by atoms with van der Waals surface area (Å²) in [4.78, 5) is 25.8. The van der Waals surface area contributed by atoms with Gasteiger partial charge in [0.05, 0.1) is 11.2 Å². The van der Waals surface area contributed by atoms with E-state index >= 15 is 0 Å². The maximum atomic E-state index is 12.3. The number of thioether (sulfide) groups is 2. The van der Waals surface area contributed by atoms with E-state index in [-0.39, 0.29) is 10.0 Å². The van der Waals surface area contributed by atoms with E-state index in [2.05, 4.69) is 0 Å². The van der Waals surface area contributed by atoms with Crippen molar-refractivity contribution in [1.29, 1.82) is 0 Å². The van der Waals surface area contributed by atoms with Gasteiger partial charge in [-0.1, -0.05) is 0 Å². The van der Waals surface area contributed by atoms with Gasteiger partial charge in [-0.3, -0.25) is 4.90 Å². The topological polar surface area (TPSA) is 55.8 Å². The van der Waals surface area contributed by atoms with Crippen LogP contribution in [0.4, 0.5) is 4.79 Å². The number of nitrogens with zero attached hydrogens (tertiary/aromatic N) is 1. The molecule has 2 fully saturated rings. The average Bonchev–Trinajstić information content (AvgIpc) is 2.94. The Kier molecular flexibility index (Phi) is 4.49. The Labute approximate surface area is 128 Å². The number of carbonyl (C=O) groups excluding carboxylic acids is 2. The van der Waals surface area contributed by atoms with Crippen LogP contribution in [0.2, 0.25) is 0 Å². The average molecular weight is 319 g/mol. The fraction of sp³-hybridized carbons (Fsp3) is 0.846. The normalized spacial score (nSPS) is 25.0. The third-order valence-corrected chi connectivity index (χ3v) is 6.63. The maximum absolute atomic E-state index is 12.3. The molecule has 2 aliphatic rings. The predicted molar refractivity (Wildman–Crippen MR) is 81.0 cm³/mol. The first-order valence-electron chi connectivity index (χ1n) is 6.62. The summed E-state index contributed by atoms with van der Waals surface area (Å²) in [6.45, 7) is 6.01. The molecule has 2 aliphatic heterocycles. The highest BCUT2D eigenvalue weighted by Gasteiger charge is 2.52. The van der Waals surface area contributed by atoms with Crippen LogP contribution < -0.4 is 0 Å². The van der Waals surface area contributed by atoms with Crippen molar-refractivity contribution >= 4 is 35.6 Å². The number of ether oxygens (including phenoxy) is 2. The minimum Gasteiger partial charge on any atom is -0.467 e. The lowest BCUT2D eigenvalue weighted by Gasteiger charge is -2.27. The Hall–Kier alpha value is -0.560. The summed E-state index contributed by atoms with van der Waals surface area (Å²) in [6.07, 6.45) is 0.201. The summed E-state index contributed by atoms with van der Waals surface area (Å²) in [5.41, 5.74) is -0.566. The molecule has 0 unspecified atom stereocenters. The van der Waals surface area contributed by atoms with Gasteiger partial charge in [-0.15, -0.1) is 23.5 Å². The van der Waals surface area contributed by atoms with E-state index in [9.17, 15) is 9.59 Å². The van der Waals surface area contributed by atoms with Crippen LogP contribution in [0, 0.1) is 0 Å². The fourth-order valence-electron chi connectivity index (χ4n) is 2.40. The second-order valence-electron chi connectivity index (χ2n) is 5.96. The Morgan fingerprint density at radius 3 is 2.35 bits per heavy atom. The van der Waals surface area contributed by atoms with Crippen LogP contribution in [-0.2, 0) is 14.3 Å². The van der Waals surface area contributed by atoms with Gasteiger partial charge < -0.3 is 9.47 Å². The molecule has 0 aromatic rings. The molecule has 0 aromatic heterocycles. The first-order valence-corrected chi connectivity index (χ1v) is 8.59. The van der Waals surface area contributed by atoms with Gasteiger partial charge in [-0.2, -0.15) is 0 Å². The van der Waals surface area contributed by atoms with Crippen molar-refractivity contribution in [2.45, 2.75) is 42.9 Å². The van der Waals surface area contributed by atoms with Crippen LogP contribution in [0.1, 0.15) is 27.2 Å². The maximum Gasteiger partial charge on any atom is 0.411 e. The molecule has 0 saturated carbocycles. The summed E-state index contributed by atoms with van der Waals surface area (Å²) in [5.74, 6) is 1.75. The Balaban J connectivity index is 2.15. The van der Waals surface area contributed by atoms with Crippen molar-refractivity contribution in [3.8, 4) is 0 Å². The van der Waals surface area contributed by atoms with E-state index < -0.39 is 17.7 Å². The molecule has 20 heavy (non-hydrogen) atoms. The minimum absolute atomic E-state index is 0.0736. The molecule has 0 radical (unpaired) electrons. The van der Waals surface area contributed by atoms with Crippen molar-refractivity contribution in [1.82, 2.24) is 4.90 Å². The lowest BCUT2D eigenvalue weighted by molar-refractivity contribution is -0.145. The van der Waals surface area contributed by atoms with Crippen molar-refractivity contribution in [3.63, 3.8) is 0 Å². The van der Waals surface area contributed by atoms with E-state index in [0.717, 1.165) is 11.5 Å². The zero-order valence-electron chi connectivity index (χ0n) is 12.3. The first kappa shape index (κ1) is 15.8. The zero-order valence-corrected chi connectivity index (χ0v) is 13.9. The molecule has 1 atom stereocenters. The van der Waals surface area contributed by atoms with Crippen molar-refractivity contribution in [2.24, 2.45) is 0 Å². The second-order valence-corrected chi connectivity index (χ2v) is 9.17. The number of esters is 1. The third kappa shape index (κ3) is 3.36. The number of likely N-dealkylation sites (tertiary alicyclic amines) is 1. The largest absolute Gasteiger partial charge is 0.467 e. The molecule has 0 aliphatic carbocycles. The van der Waals surface area contributed by atoms with Crippen molar-refractivity contribution < 1.29 is 19.1 Å². The molecule has 1 spiro atoms. The molecule has 2 rings (SSSR count).